The fraction of sp³-hybridized carbons (Fsp3) is 0.636. The van der Waals surface area contributed by atoms with Gasteiger partial charge in [-0.15, -0.1) is 0 Å². The molecule has 1 fully saturated rings. The zero-order valence-corrected chi connectivity index (χ0v) is 11.8. The van der Waals surface area contributed by atoms with Crippen LogP contribution >= 0.6 is 15.9 Å². The van der Waals surface area contributed by atoms with Gasteiger partial charge < -0.3 is 9.80 Å². The van der Waals surface area contributed by atoms with Gasteiger partial charge in [-0.25, -0.2) is 4.68 Å². The van der Waals surface area contributed by atoms with Crippen LogP contribution in [0, 0.1) is 0 Å². The molecule has 1 saturated heterocycles. The molecule has 1 aliphatic heterocycles. The van der Waals surface area contributed by atoms with Gasteiger partial charge in [0.15, 0.2) is 0 Å². The highest BCUT2D eigenvalue weighted by Crippen LogP contribution is 2.22. The smallest absolute Gasteiger partial charge is 0.282 e. The SMILES string of the molecule is CN1CCCN(c2cnn(C)c(=O)c2Br)CC1. The standard InChI is InChI=1S/C11H17BrN4O/c1-14-4-3-5-16(7-6-14)9-8-13-15(2)11(17)10(9)12/h8H,3-7H2,1-2H3. The molecule has 0 atom stereocenters. The van der Waals surface area contributed by atoms with Crippen molar-refractivity contribution in [3.05, 3.63) is 21.0 Å². The van der Waals surface area contributed by atoms with Crippen LogP contribution in [0.5, 0.6) is 0 Å². The van der Waals surface area contributed by atoms with E-state index in [0.717, 1.165) is 38.3 Å². The molecule has 2 heterocycles. The lowest BCUT2D eigenvalue weighted by molar-refractivity contribution is 0.360. The van der Waals surface area contributed by atoms with Crippen LogP contribution in [0.3, 0.4) is 0 Å². The topological polar surface area (TPSA) is 41.4 Å². The molecule has 2 rings (SSSR count). The minimum absolute atomic E-state index is 0.0832. The Balaban J connectivity index is 2.28. The molecule has 0 aliphatic carbocycles. The van der Waals surface area contributed by atoms with Crippen LogP contribution in [0.1, 0.15) is 6.42 Å². The van der Waals surface area contributed by atoms with Crippen molar-refractivity contribution >= 4 is 21.6 Å². The minimum Gasteiger partial charge on any atom is -0.368 e. The van der Waals surface area contributed by atoms with Crippen LogP contribution in [0.4, 0.5) is 5.69 Å². The van der Waals surface area contributed by atoms with Crippen LogP contribution in [0.15, 0.2) is 15.5 Å². The number of likely N-dealkylation sites (N-methyl/N-ethyl adjacent to an activating group) is 1. The van der Waals surface area contributed by atoms with Gasteiger partial charge in [0.2, 0.25) is 0 Å². The molecule has 1 aliphatic rings. The van der Waals surface area contributed by atoms with Crippen LogP contribution in [-0.2, 0) is 7.05 Å². The van der Waals surface area contributed by atoms with Crippen molar-refractivity contribution in [1.29, 1.82) is 0 Å². The molecule has 6 heteroatoms. The zero-order valence-electron chi connectivity index (χ0n) is 10.2. The van der Waals surface area contributed by atoms with Crippen molar-refractivity contribution in [3.63, 3.8) is 0 Å². The van der Waals surface area contributed by atoms with Gasteiger partial charge in [-0.3, -0.25) is 4.79 Å². The Morgan fingerprint density at radius 1 is 1.24 bits per heavy atom. The molecule has 0 saturated carbocycles. The van der Waals surface area contributed by atoms with Gasteiger partial charge in [0.25, 0.3) is 5.56 Å². The van der Waals surface area contributed by atoms with Crippen molar-refractivity contribution in [2.75, 3.05) is 38.1 Å². The van der Waals surface area contributed by atoms with E-state index in [1.165, 1.54) is 4.68 Å². The highest BCUT2D eigenvalue weighted by Gasteiger charge is 2.17. The lowest BCUT2D eigenvalue weighted by Gasteiger charge is -2.23. The number of aryl methyl sites for hydroxylation is 1. The van der Waals surface area contributed by atoms with Crippen LogP contribution in [0.25, 0.3) is 0 Å². The lowest BCUT2D eigenvalue weighted by Crippen LogP contribution is -2.31. The number of rotatable bonds is 1. The van der Waals surface area contributed by atoms with E-state index in [4.69, 9.17) is 0 Å². The van der Waals surface area contributed by atoms with Crippen molar-refractivity contribution < 1.29 is 0 Å². The summed E-state index contributed by atoms with van der Waals surface area (Å²) in [6, 6.07) is 0. The van der Waals surface area contributed by atoms with Gasteiger partial charge in [-0.2, -0.15) is 5.10 Å². The largest absolute Gasteiger partial charge is 0.368 e. The van der Waals surface area contributed by atoms with Crippen LogP contribution in [0.2, 0.25) is 0 Å². The maximum absolute atomic E-state index is 11.8. The second kappa shape index (κ2) is 5.18. The Kier molecular flexibility index (Phi) is 3.83. The predicted octanol–water partition coefficient (Wildman–Crippen LogP) is 0.685. The zero-order chi connectivity index (χ0) is 12.4. The Labute approximate surface area is 109 Å². The van der Waals surface area contributed by atoms with Crippen molar-refractivity contribution in [2.24, 2.45) is 7.05 Å². The van der Waals surface area contributed by atoms with Crippen molar-refractivity contribution in [2.45, 2.75) is 6.42 Å². The minimum atomic E-state index is -0.0832. The van der Waals surface area contributed by atoms with Gasteiger partial charge >= 0.3 is 0 Å². The molecule has 0 N–H and O–H groups in total. The first-order valence-corrected chi connectivity index (χ1v) is 6.54. The lowest BCUT2D eigenvalue weighted by atomic mass is 10.3. The maximum Gasteiger partial charge on any atom is 0.282 e. The molecule has 0 radical (unpaired) electrons. The average molecular weight is 301 g/mol. The Hall–Kier alpha value is -0.880. The van der Waals surface area contributed by atoms with E-state index in [9.17, 15) is 4.79 Å². The number of hydrogen-bond acceptors (Lipinski definition) is 4. The molecule has 0 aromatic carbocycles. The predicted molar refractivity (Wildman–Crippen MR) is 71.5 cm³/mol. The summed E-state index contributed by atoms with van der Waals surface area (Å²) < 4.78 is 1.96. The van der Waals surface area contributed by atoms with E-state index < -0.39 is 0 Å². The Morgan fingerprint density at radius 2 is 2.00 bits per heavy atom. The normalized spacial score (nSPS) is 18.2. The third-order valence-corrected chi connectivity index (χ3v) is 3.87. The molecule has 1 aromatic rings. The molecular formula is C11H17BrN4O. The highest BCUT2D eigenvalue weighted by atomic mass is 79.9. The number of halogens is 1. The van der Waals surface area contributed by atoms with Crippen LogP contribution < -0.4 is 10.5 Å². The Morgan fingerprint density at radius 3 is 2.76 bits per heavy atom. The number of anilines is 1. The molecule has 94 valence electrons. The summed E-state index contributed by atoms with van der Waals surface area (Å²) in [5, 5.41) is 4.08. The Bertz CT molecular complexity index is 459. The van der Waals surface area contributed by atoms with E-state index in [0.29, 0.717) is 4.47 Å². The van der Waals surface area contributed by atoms with Gasteiger partial charge in [-0.05, 0) is 35.9 Å². The average Bonchev–Trinajstić information content (AvgIpc) is 2.52. The second-order valence-electron chi connectivity index (χ2n) is 4.42. The highest BCUT2D eigenvalue weighted by molar-refractivity contribution is 9.10. The van der Waals surface area contributed by atoms with Gasteiger partial charge in [0.1, 0.15) is 4.47 Å². The summed E-state index contributed by atoms with van der Waals surface area (Å²) in [4.78, 5) is 16.3. The van der Waals surface area contributed by atoms with Crippen molar-refractivity contribution in [3.8, 4) is 0 Å². The first-order valence-electron chi connectivity index (χ1n) is 5.75. The molecular weight excluding hydrogens is 284 g/mol. The molecule has 0 amide bonds. The fourth-order valence-electron chi connectivity index (χ4n) is 2.01. The van der Waals surface area contributed by atoms with E-state index >= 15 is 0 Å². The van der Waals surface area contributed by atoms with Gasteiger partial charge in [-0.1, -0.05) is 0 Å². The summed E-state index contributed by atoms with van der Waals surface area (Å²) in [6.07, 6.45) is 2.87. The number of aromatic nitrogens is 2. The first kappa shape index (κ1) is 12.6. The van der Waals surface area contributed by atoms with E-state index in [1.54, 1.807) is 13.2 Å². The maximum atomic E-state index is 11.8. The quantitative estimate of drug-likeness (QED) is 0.765. The summed E-state index contributed by atoms with van der Waals surface area (Å²) in [7, 11) is 3.79. The van der Waals surface area contributed by atoms with Crippen LogP contribution in [-0.4, -0.2) is 47.9 Å². The monoisotopic (exact) mass is 300 g/mol. The van der Waals surface area contributed by atoms with Crippen molar-refractivity contribution in [1.82, 2.24) is 14.7 Å². The molecule has 5 nitrogen and oxygen atoms in total. The van der Waals surface area contributed by atoms with Gasteiger partial charge in [0, 0.05) is 26.7 Å². The molecule has 0 spiro atoms. The first-order chi connectivity index (χ1) is 8.09. The summed E-state index contributed by atoms with van der Waals surface area (Å²) in [5.41, 5.74) is 0.823. The third-order valence-electron chi connectivity index (χ3n) is 3.12. The van der Waals surface area contributed by atoms with E-state index in [2.05, 4.69) is 37.9 Å². The van der Waals surface area contributed by atoms with E-state index in [-0.39, 0.29) is 5.56 Å². The summed E-state index contributed by atoms with van der Waals surface area (Å²) >= 11 is 3.38. The third kappa shape index (κ3) is 2.69. The number of nitrogens with zero attached hydrogens (tertiary/aromatic N) is 4. The number of hydrogen-bond donors (Lipinski definition) is 0. The molecule has 1 aromatic heterocycles. The molecule has 17 heavy (non-hydrogen) atoms. The molecule has 0 bridgehead atoms. The second-order valence-corrected chi connectivity index (χ2v) is 5.21. The summed E-state index contributed by atoms with van der Waals surface area (Å²) in [6.45, 7) is 4.02. The van der Waals surface area contributed by atoms with E-state index in [1.807, 2.05) is 0 Å². The summed E-state index contributed by atoms with van der Waals surface area (Å²) in [5.74, 6) is 0. The molecule has 0 unspecified atom stereocenters. The fourth-order valence-corrected chi connectivity index (χ4v) is 2.62. The van der Waals surface area contributed by atoms with Gasteiger partial charge in [0.05, 0.1) is 11.9 Å².